The van der Waals surface area contributed by atoms with Gasteiger partial charge < -0.3 is 10.1 Å². The minimum absolute atomic E-state index is 0.0389. The average molecular weight is 260 g/mol. The molecule has 2 aromatic rings. The molecular weight excluding hydrogens is 244 g/mol. The predicted molar refractivity (Wildman–Crippen MR) is 69.8 cm³/mol. The van der Waals surface area contributed by atoms with Crippen LogP contribution in [0.3, 0.4) is 0 Å². The average Bonchev–Trinajstić information content (AvgIpc) is 2.90. The van der Waals surface area contributed by atoms with Crippen molar-refractivity contribution in [1.29, 1.82) is 0 Å². The lowest BCUT2D eigenvalue weighted by molar-refractivity contribution is 0.0945. The van der Waals surface area contributed by atoms with Crippen molar-refractivity contribution < 1.29 is 9.53 Å². The van der Waals surface area contributed by atoms with Crippen molar-refractivity contribution in [3.63, 3.8) is 0 Å². The van der Waals surface area contributed by atoms with Gasteiger partial charge in [0.05, 0.1) is 6.10 Å². The zero-order valence-electron chi connectivity index (χ0n) is 10.9. The summed E-state index contributed by atoms with van der Waals surface area (Å²) in [5, 5.41) is 9.13. The summed E-state index contributed by atoms with van der Waals surface area (Å²) < 4.78 is 5.59. The summed E-state index contributed by atoms with van der Waals surface area (Å²) in [6.45, 7) is 4.22. The van der Waals surface area contributed by atoms with Gasteiger partial charge in [-0.1, -0.05) is 6.07 Å². The Morgan fingerprint density at radius 2 is 2.26 bits per heavy atom. The van der Waals surface area contributed by atoms with E-state index in [1.165, 1.54) is 6.20 Å². The van der Waals surface area contributed by atoms with Gasteiger partial charge in [-0.2, -0.15) is 5.10 Å². The van der Waals surface area contributed by atoms with Crippen molar-refractivity contribution in [1.82, 2.24) is 20.5 Å². The third-order valence-electron chi connectivity index (χ3n) is 2.38. The summed E-state index contributed by atoms with van der Waals surface area (Å²) in [4.78, 5) is 15.9. The molecule has 2 N–H and O–H groups in total. The minimum Gasteiger partial charge on any atom is -0.475 e. The molecule has 0 atom stereocenters. The number of amides is 1. The number of aromatic amines is 1. The summed E-state index contributed by atoms with van der Waals surface area (Å²) in [5.41, 5.74) is 1.26. The lowest BCUT2D eigenvalue weighted by Gasteiger charge is -2.13. The Labute approximate surface area is 111 Å². The Balaban J connectivity index is 2.01. The number of nitrogens with one attached hydrogen (secondary N) is 2. The summed E-state index contributed by atoms with van der Waals surface area (Å²) in [6.07, 6.45) is 3.24. The van der Waals surface area contributed by atoms with Crippen molar-refractivity contribution in [2.24, 2.45) is 0 Å². The molecule has 0 radical (unpaired) electrons. The molecule has 0 spiro atoms. The van der Waals surface area contributed by atoms with E-state index in [4.69, 9.17) is 4.74 Å². The molecule has 2 aromatic heterocycles. The van der Waals surface area contributed by atoms with E-state index in [0.29, 0.717) is 18.1 Å². The predicted octanol–water partition coefficient (Wildman–Crippen LogP) is 1.52. The van der Waals surface area contributed by atoms with Crippen LogP contribution in [0.25, 0.3) is 0 Å². The molecule has 0 aliphatic heterocycles. The Morgan fingerprint density at radius 3 is 2.95 bits per heavy atom. The summed E-state index contributed by atoms with van der Waals surface area (Å²) in [6, 6.07) is 5.30. The highest BCUT2D eigenvalue weighted by Gasteiger charge is 2.10. The number of carbonyl (C=O) groups is 1. The first-order chi connectivity index (χ1) is 9.16. The van der Waals surface area contributed by atoms with Crippen LogP contribution in [0.2, 0.25) is 0 Å². The smallest absolute Gasteiger partial charge is 0.269 e. The molecule has 19 heavy (non-hydrogen) atoms. The number of hydrogen-bond donors (Lipinski definition) is 2. The standard InChI is InChI=1S/C13H16N4O2/c1-9(2)19-13-10(4-3-6-14-13)8-15-12(18)11-5-7-16-17-11/h3-7,9H,8H2,1-2H3,(H,15,18)(H,16,17). The van der Waals surface area contributed by atoms with Crippen LogP contribution in [-0.2, 0) is 6.54 Å². The lowest BCUT2D eigenvalue weighted by atomic mass is 10.2. The van der Waals surface area contributed by atoms with Crippen molar-refractivity contribution in [2.75, 3.05) is 0 Å². The molecule has 0 aliphatic carbocycles. The second-order valence-electron chi connectivity index (χ2n) is 4.29. The van der Waals surface area contributed by atoms with Crippen molar-refractivity contribution in [3.05, 3.63) is 41.9 Å². The van der Waals surface area contributed by atoms with Crippen LogP contribution in [0.1, 0.15) is 29.9 Å². The largest absolute Gasteiger partial charge is 0.475 e. The van der Waals surface area contributed by atoms with Gasteiger partial charge in [-0.3, -0.25) is 9.89 Å². The molecular formula is C13H16N4O2. The molecule has 2 heterocycles. The van der Waals surface area contributed by atoms with E-state index in [9.17, 15) is 4.79 Å². The molecule has 2 rings (SSSR count). The number of rotatable bonds is 5. The third-order valence-corrected chi connectivity index (χ3v) is 2.38. The Morgan fingerprint density at radius 1 is 1.42 bits per heavy atom. The minimum atomic E-state index is -0.211. The molecule has 0 unspecified atom stereocenters. The van der Waals surface area contributed by atoms with Crippen LogP contribution in [0.5, 0.6) is 5.88 Å². The fraction of sp³-hybridized carbons (Fsp3) is 0.308. The second kappa shape index (κ2) is 5.99. The van der Waals surface area contributed by atoms with E-state index in [-0.39, 0.29) is 12.0 Å². The van der Waals surface area contributed by atoms with E-state index < -0.39 is 0 Å². The number of carbonyl (C=O) groups excluding carboxylic acids is 1. The van der Waals surface area contributed by atoms with Gasteiger partial charge in [0.1, 0.15) is 5.69 Å². The van der Waals surface area contributed by atoms with Crippen LogP contribution in [0.4, 0.5) is 0 Å². The zero-order valence-corrected chi connectivity index (χ0v) is 10.9. The van der Waals surface area contributed by atoms with E-state index in [0.717, 1.165) is 5.56 Å². The molecule has 6 heteroatoms. The van der Waals surface area contributed by atoms with Gasteiger partial charge in [-0.25, -0.2) is 4.98 Å². The number of pyridine rings is 1. The SMILES string of the molecule is CC(C)Oc1ncccc1CNC(=O)c1ccn[nH]1. The lowest BCUT2D eigenvalue weighted by Crippen LogP contribution is -2.24. The Kier molecular flexibility index (Phi) is 4.12. The first-order valence-electron chi connectivity index (χ1n) is 6.05. The first-order valence-corrected chi connectivity index (χ1v) is 6.05. The van der Waals surface area contributed by atoms with E-state index >= 15 is 0 Å². The zero-order chi connectivity index (χ0) is 13.7. The van der Waals surface area contributed by atoms with Gasteiger partial charge in [0.2, 0.25) is 5.88 Å². The van der Waals surface area contributed by atoms with Crippen LogP contribution < -0.4 is 10.1 Å². The Hall–Kier alpha value is -2.37. The fourth-order valence-corrected chi connectivity index (χ4v) is 1.54. The summed E-state index contributed by atoms with van der Waals surface area (Å²) in [5.74, 6) is 0.333. The van der Waals surface area contributed by atoms with E-state index in [2.05, 4.69) is 20.5 Å². The third kappa shape index (κ3) is 3.54. The fourth-order valence-electron chi connectivity index (χ4n) is 1.54. The quantitative estimate of drug-likeness (QED) is 0.854. The van der Waals surface area contributed by atoms with Gasteiger partial charge >= 0.3 is 0 Å². The van der Waals surface area contributed by atoms with Gasteiger partial charge in [0, 0.05) is 24.5 Å². The van der Waals surface area contributed by atoms with Crippen molar-refractivity contribution >= 4 is 5.91 Å². The highest BCUT2D eigenvalue weighted by molar-refractivity contribution is 5.92. The van der Waals surface area contributed by atoms with Gasteiger partial charge in [-0.05, 0) is 26.0 Å². The number of aromatic nitrogens is 3. The number of ether oxygens (including phenoxy) is 1. The molecule has 0 saturated heterocycles. The highest BCUT2D eigenvalue weighted by Crippen LogP contribution is 2.15. The second-order valence-corrected chi connectivity index (χ2v) is 4.29. The summed E-state index contributed by atoms with van der Waals surface area (Å²) in [7, 11) is 0. The van der Waals surface area contributed by atoms with Crippen molar-refractivity contribution in [2.45, 2.75) is 26.5 Å². The molecule has 0 saturated carbocycles. The normalized spacial score (nSPS) is 10.5. The molecule has 100 valence electrons. The van der Waals surface area contributed by atoms with Crippen LogP contribution in [0, 0.1) is 0 Å². The molecule has 1 amide bonds. The van der Waals surface area contributed by atoms with Crippen LogP contribution in [-0.4, -0.2) is 27.2 Å². The number of nitrogens with zero attached hydrogens (tertiary/aromatic N) is 2. The maximum atomic E-state index is 11.8. The number of hydrogen-bond acceptors (Lipinski definition) is 4. The van der Waals surface area contributed by atoms with Crippen LogP contribution in [0.15, 0.2) is 30.6 Å². The van der Waals surface area contributed by atoms with E-state index in [1.807, 2.05) is 26.0 Å². The van der Waals surface area contributed by atoms with Gasteiger partial charge in [0.15, 0.2) is 0 Å². The molecule has 0 aromatic carbocycles. The highest BCUT2D eigenvalue weighted by atomic mass is 16.5. The monoisotopic (exact) mass is 260 g/mol. The van der Waals surface area contributed by atoms with Crippen LogP contribution >= 0.6 is 0 Å². The molecule has 0 bridgehead atoms. The maximum absolute atomic E-state index is 11.8. The Bertz CT molecular complexity index is 537. The molecule has 0 aliphatic rings. The van der Waals surface area contributed by atoms with Gasteiger partial charge in [0.25, 0.3) is 5.91 Å². The number of H-pyrrole nitrogens is 1. The summed E-state index contributed by atoms with van der Waals surface area (Å²) >= 11 is 0. The van der Waals surface area contributed by atoms with Crippen molar-refractivity contribution in [3.8, 4) is 5.88 Å². The molecule has 6 nitrogen and oxygen atoms in total. The topological polar surface area (TPSA) is 79.9 Å². The van der Waals surface area contributed by atoms with Gasteiger partial charge in [-0.15, -0.1) is 0 Å². The maximum Gasteiger partial charge on any atom is 0.269 e. The molecule has 0 fully saturated rings. The first kappa shape index (κ1) is 13.1. The van der Waals surface area contributed by atoms with E-state index in [1.54, 1.807) is 12.3 Å².